The van der Waals surface area contributed by atoms with Gasteiger partial charge in [-0.15, -0.1) is 24.8 Å². The standard InChI is InChI=1S/C15H29N3O.2ClH/c1-15(8-5-9-16-12-15)14(19)17-10-11-18(2)13-6-3-4-7-13;;/h13,16H,3-12H2,1-2H3,(H,17,19);2*1H. The van der Waals surface area contributed by atoms with E-state index in [4.69, 9.17) is 0 Å². The van der Waals surface area contributed by atoms with Gasteiger partial charge in [-0.3, -0.25) is 4.79 Å². The van der Waals surface area contributed by atoms with E-state index in [0.717, 1.165) is 45.1 Å². The van der Waals surface area contributed by atoms with Crippen molar-refractivity contribution >= 4 is 30.7 Å². The number of amides is 1. The van der Waals surface area contributed by atoms with Gasteiger partial charge in [0.25, 0.3) is 0 Å². The molecule has 1 aliphatic carbocycles. The maximum Gasteiger partial charge on any atom is 0.227 e. The molecule has 2 rings (SSSR count). The first-order valence-corrected chi connectivity index (χ1v) is 7.81. The average Bonchev–Trinajstić information content (AvgIpc) is 2.93. The van der Waals surface area contributed by atoms with E-state index in [1.54, 1.807) is 0 Å². The molecule has 6 heteroatoms. The van der Waals surface area contributed by atoms with Gasteiger partial charge in [-0.05, 0) is 46.2 Å². The number of halogens is 2. The molecule has 2 aliphatic rings. The lowest BCUT2D eigenvalue weighted by atomic mass is 9.82. The molecule has 1 amide bonds. The van der Waals surface area contributed by atoms with Gasteiger partial charge in [-0.2, -0.15) is 0 Å². The maximum absolute atomic E-state index is 12.3. The van der Waals surface area contributed by atoms with Gasteiger partial charge in [-0.25, -0.2) is 0 Å². The van der Waals surface area contributed by atoms with Crippen molar-refractivity contribution in [3.8, 4) is 0 Å². The highest BCUT2D eigenvalue weighted by atomic mass is 35.5. The topological polar surface area (TPSA) is 44.4 Å². The lowest BCUT2D eigenvalue weighted by Gasteiger charge is -2.33. The van der Waals surface area contributed by atoms with Crippen LogP contribution in [0, 0.1) is 5.41 Å². The quantitative estimate of drug-likeness (QED) is 0.807. The molecule has 0 spiro atoms. The third-order valence-corrected chi connectivity index (χ3v) is 4.84. The van der Waals surface area contributed by atoms with E-state index in [1.807, 2.05) is 0 Å². The van der Waals surface area contributed by atoms with Crippen molar-refractivity contribution in [2.75, 3.05) is 33.2 Å². The van der Waals surface area contributed by atoms with Crippen LogP contribution in [0.5, 0.6) is 0 Å². The van der Waals surface area contributed by atoms with E-state index in [-0.39, 0.29) is 36.1 Å². The Morgan fingerprint density at radius 3 is 2.52 bits per heavy atom. The minimum Gasteiger partial charge on any atom is -0.354 e. The molecule has 2 fully saturated rings. The van der Waals surface area contributed by atoms with Crippen LogP contribution in [0.25, 0.3) is 0 Å². The number of hydrogen-bond acceptors (Lipinski definition) is 3. The molecule has 0 aromatic carbocycles. The van der Waals surface area contributed by atoms with Crippen LogP contribution < -0.4 is 10.6 Å². The summed E-state index contributed by atoms with van der Waals surface area (Å²) in [6.45, 7) is 5.70. The van der Waals surface area contributed by atoms with Crippen LogP contribution in [0.3, 0.4) is 0 Å². The van der Waals surface area contributed by atoms with E-state index >= 15 is 0 Å². The summed E-state index contributed by atoms with van der Waals surface area (Å²) in [6.07, 6.45) is 7.49. The van der Waals surface area contributed by atoms with Gasteiger partial charge >= 0.3 is 0 Å². The van der Waals surface area contributed by atoms with E-state index in [1.165, 1.54) is 25.7 Å². The number of carbonyl (C=O) groups is 1. The Morgan fingerprint density at radius 1 is 1.29 bits per heavy atom. The molecule has 1 atom stereocenters. The fourth-order valence-electron chi connectivity index (χ4n) is 3.34. The zero-order valence-electron chi connectivity index (χ0n) is 13.3. The minimum absolute atomic E-state index is 0. The van der Waals surface area contributed by atoms with Gasteiger partial charge in [0.05, 0.1) is 5.41 Å². The molecule has 1 saturated carbocycles. The molecule has 1 unspecified atom stereocenters. The molecular formula is C15H31Cl2N3O. The lowest BCUT2D eigenvalue weighted by molar-refractivity contribution is -0.131. The Bertz CT molecular complexity index is 303. The highest BCUT2D eigenvalue weighted by Crippen LogP contribution is 2.25. The molecule has 1 heterocycles. The highest BCUT2D eigenvalue weighted by Gasteiger charge is 2.34. The fraction of sp³-hybridized carbons (Fsp3) is 0.933. The minimum atomic E-state index is -0.204. The van der Waals surface area contributed by atoms with Crippen LogP contribution in [0.2, 0.25) is 0 Å². The predicted molar refractivity (Wildman–Crippen MR) is 92.6 cm³/mol. The van der Waals surface area contributed by atoms with Gasteiger partial charge < -0.3 is 15.5 Å². The predicted octanol–water partition coefficient (Wildman–Crippen LogP) is 2.21. The van der Waals surface area contributed by atoms with Gasteiger partial charge in [0.2, 0.25) is 5.91 Å². The average molecular weight is 340 g/mol. The van der Waals surface area contributed by atoms with Crippen LogP contribution >= 0.6 is 24.8 Å². The van der Waals surface area contributed by atoms with Gasteiger partial charge in [0, 0.05) is 25.7 Å². The van der Waals surface area contributed by atoms with Crippen LogP contribution in [0.1, 0.15) is 45.4 Å². The second-order valence-corrected chi connectivity index (χ2v) is 6.52. The smallest absolute Gasteiger partial charge is 0.227 e. The molecule has 4 nitrogen and oxygen atoms in total. The third-order valence-electron chi connectivity index (χ3n) is 4.84. The number of rotatable bonds is 5. The normalized spacial score (nSPS) is 26.0. The van der Waals surface area contributed by atoms with Crippen molar-refractivity contribution in [3.05, 3.63) is 0 Å². The summed E-state index contributed by atoms with van der Waals surface area (Å²) in [5.41, 5.74) is -0.204. The number of carbonyl (C=O) groups excluding carboxylic acids is 1. The largest absolute Gasteiger partial charge is 0.354 e. The first-order chi connectivity index (χ1) is 9.12. The van der Waals surface area contributed by atoms with Crippen molar-refractivity contribution in [1.82, 2.24) is 15.5 Å². The summed E-state index contributed by atoms with van der Waals surface area (Å²) >= 11 is 0. The highest BCUT2D eigenvalue weighted by molar-refractivity contribution is 5.85. The summed E-state index contributed by atoms with van der Waals surface area (Å²) in [6, 6.07) is 0.740. The second-order valence-electron chi connectivity index (χ2n) is 6.52. The van der Waals surface area contributed by atoms with Crippen molar-refractivity contribution in [2.45, 2.75) is 51.5 Å². The number of nitrogens with zero attached hydrogens (tertiary/aromatic N) is 1. The van der Waals surface area contributed by atoms with E-state index in [2.05, 4.69) is 29.5 Å². The molecule has 1 aliphatic heterocycles. The van der Waals surface area contributed by atoms with E-state index in [0.29, 0.717) is 0 Å². The fourth-order valence-corrected chi connectivity index (χ4v) is 3.34. The summed E-state index contributed by atoms with van der Waals surface area (Å²) in [5.74, 6) is 0.222. The molecule has 0 radical (unpaired) electrons. The third kappa shape index (κ3) is 5.93. The number of hydrogen-bond donors (Lipinski definition) is 2. The molecule has 1 saturated heterocycles. The van der Waals surface area contributed by atoms with Crippen molar-refractivity contribution in [1.29, 1.82) is 0 Å². The van der Waals surface area contributed by atoms with E-state index < -0.39 is 0 Å². The molecule has 2 N–H and O–H groups in total. The zero-order valence-corrected chi connectivity index (χ0v) is 15.0. The van der Waals surface area contributed by atoms with Gasteiger partial charge in [0.1, 0.15) is 0 Å². The van der Waals surface area contributed by atoms with Gasteiger partial charge in [-0.1, -0.05) is 12.8 Å². The van der Waals surface area contributed by atoms with Crippen molar-refractivity contribution < 1.29 is 4.79 Å². The Kier molecular flexibility index (Phi) is 9.87. The van der Waals surface area contributed by atoms with Crippen LogP contribution in [0.15, 0.2) is 0 Å². The Morgan fingerprint density at radius 2 is 1.95 bits per heavy atom. The number of likely N-dealkylation sites (N-methyl/N-ethyl adjacent to an activating group) is 1. The molecule has 0 aromatic heterocycles. The summed E-state index contributed by atoms with van der Waals surface area (Å²) in [5, 5.41) is 6.46. The lowest BCUT2D eigenvalue weighted by Crippen LogP contribution is -2.50. The Balaban J connectivity index is 0.00000200. The number of piperidine rings is 1. The van der Waals surface area contributed by atoms with Gasteiger partial charge in [0.15, 0.2) is 0 Å². The Hall–Kier alpha value is -0.0300. The summed E-state index contributed by atoms with van der Waals surface area (Å²) in [4.78, 5) is 14.7. The first-order valence-electron chi connectivity index (χ1n) is 7.81. The molecule has 21 heavy (non-hydrogen) atoms. The molecule has 0 bridgehead atoms. The first kappa shape index (κ1) is 21.0. The SMILES string of the molecule is CN(CCNC(=O)C1(C)CCCNC1)C1CCCC1.Cl.Cl. The zero-order chi connectivity index (χ0) is 13.7. The molecular weight excluding hydrogens is 309 g/mol. The van der Waals surface area contributed by atoms with Crippen LogP contribution in [-0.2, 0) is 4.79 Å². The molecule has 0 aromatic rings. The summed E-state index contributed by atoms with van der Waals surface area (Å²) in [7, 11) is 2.19. The molecule has 126 valence electrons. The monoisotopic (exact) mass is 339 g/mol. The second kappa shape index (κ2) is 9.88. The maximum atomic E-state index is 12.3. The summed E-state index contributed by atoms with van der Waals surface area (Å²) < 4.78 is 0. The number of nitrogens with one attached hydrogen (secondary N) is 2. The Labute approximate surface area is 141 Å². The van der Waals surface area contributed by atoms with Crippen LogP contribution in [0.4, 0.5) is 0 Å². The van der Waals surface area contributed by atoms with Crippen molar-refractivity contribution in [3.63, 3.8) is 0 Å². The van der Waals surface area contributed by atoms with Crippen LogP contribution in [-0.4, -0.2) is 50.1 Å². The van der Waals surface area contributed by atoms with Crippen molar-refractivity contribution in [2.24, 2.45) is 5.41 Å². The van der Waals surface area contributed by atoms with E-state index in [9.17, 15) is 4.79 Å².